The number of nitrogens with two attached hydrogens (primary N) is 1. The molecule has 0 aliphatic heterocycles. The van der Waals surface area contributed by atoms with Crippen molar-refractivity contribution in [2.75, 3.05) is 5.73 Å². The number of anilines is 1. The van der Waals surface area contributed by atoms with E-state index in [4.69, 9.17) is 10.5 Å². The number of nitrogen functional groups attached to an aromatic ring is 1. The van der Waals surface area contributed by atoms with Gasteiger partial charge in [-0.15, -0.1) is 0 Å². The maximum atomic E-state index is 12.2. The second-order valence-electron chi connectivity index (χ2n) is 4.74. The van der Waals surface area contributed by atoms with Gasteiger partial charge in [0, 0.05) is 16.8 Å². The van der Waals surface area contributed by atoms with Crippen molar-refractivity contribution in [2.24, 2.45) is 0 Å². The maximum absolute atomic E-state index is 12.2. The molecule has 116 valence electrons. The summed E-state index contributed by atoms with van der Waals surface area (Å²) in [5, 5.41) is 0. The number of esters is 1. The zero-order valence-electron chi connectivity index (χ0n) is 12.3. The van der Waals surface area contributed by atoms with Gasteiger partial charge in [0.15, 0.2) is 0 Å². The standard InChI is InChI=1S/C18H15NO4/c19-17-7-2-1-6-15(17)16(8-9-20)18(22)23-12-14-5-3-4-13(10-14)11-21/h1-11H,12,19H2/b16-8+. The highest BCUT2D eigenvalue weighted by atomic mass is 16.5. The number of rotatable bonds is 6. The molecule has 0 aliphatic carbocycles. The number of benzene rings is 2. The summed E-state index contributed by atoms with van der Waals surface area (Å²) >= 11 is 0. The number of ether oxygens (including phenoxy) is 1. The van der Waals surface area contributed by atoms with Crippen molar-refractivity contribution in [3.05, 3.63) is 71.3 Å². The van der Waals surface area contributed by atoms with E-state index < -0.39 is 5.97 Å². The van der Waals surface area contributed by atoms with Gasteiger partial charge in [0.05, 0.1) is 5.57 Å². The van der Waals surface area contributed by atoms with E-state index in [0.29, 0.717) is 35.0 Å². The van der Waals surface area contributed by atoms with Gasteiger partial charge in [-0.1, -0.05) is 36.4 Å². The Morgan fingerprint density at radius 1 is 1.09 bits per heavy atom. The monoisotopic (exact) mass is 309 g/mol. The number of aldehydes is 2. The van der Waals surface area contributed by atoms with Crippen LogP contribution in [0.2, 0.25) is 0 Å². The molecule has 0 saturated heterocycles. The first-order valence-corrected chi connectivity index (χ1v) is 6.87. The molecule has 0 radical (unpaired) electrons. The van der Waals surface area contributed by atoms with Gasteiger partial charge in [0.25, 0.3) is 0 Å². The molecule has 23 heavy (non-hydrogen) atoms. The van der Waals surface area contributed by atoms with Crippen molar-refractivity contribution in [1.82, 2.24) is 0 Å². The highest BCUT2D eigenvalue weighted by Crippen LogP contribution is 2.22. The second kappa shape index (κ2) is 7.70. The molecule has 5 heteroatoms. The number of hydrogen-bond acceptors (Lipinski definition) is 5. The molecule has 2 aromatic carbocycles. The second-order valence-corrected chi connectivity index (χ2v) is 4.74. The molecule has 0 amide bonds. The fourth-order valence-corrected chi connectivity index (χ4v) is 2.06. The Labute approximate surface area is 133 Å². The molecule has 0 unspecified atom stereocenters. The Kier molecular flexibility index (Phi) is 5.41. The molecule has 5 nitrogen and oxygen atoms in total. The molecule has 0 spiro atoms. The van der Waals surface area contributed by atoms with Crippen LogP contribution in [-0.4, -0.2) is 18.5 Å². The highest BCUT2D eigenvalue weighted by molar-refractivity contribution is 6.20. The minimum absolute atomic E-state index is 0.0105. The quantitative estimate of drug-likeness (QED) is 0.383. The van der Waals surface area contributed by atoms with Crippen molar-refractivity contribution in [1.29, 1.82) is 0 Å². The van der Waals surface area contributed by atoms with Crippen molar-refractivity contribution in [3.8, 4) is 0 Å². The van der Waals surface area contributed by atoms with Crippen LogP contribution in [0.5, 0.6) is 0 Å². The minimum atomic E-state index is -0.661. The van der Waals surface area contributed by atoms with E-state index >= 15 is 0 Å². The van der Waals surface area contributed by atoms with Crippen LogP contribution in [0.1, 0.15) is 21.5 Å². The lowest BCUT2D eigenvalue weighted by atomic mass is 10.0. The van der Waals surface area contributed by atoms with E-state index in [1.54, 1.807) is 48.5 Å². The summed E-state index contributed by atoms with van der Waals surface area (Å²) in [7, 11) is 0. The Morgan fingerprint density at radius 3 is 2.57 bits per heavy atom. The van der Waals surface area contributed by atoms with Gasteiger partial charge in [0.1, 0.15) is 19.2 Å². The molecule has 0 atom stereocenters. The van der Waals surface area contributed by atoms with Crippen LogP contribution in [0, 0.1) is 0 Å². The molecular weight excluding hydrogens is 294 g/mol. The predicted molar refractivity (Wildman–Crippen MR) is 86.5 cm³/mol. The lowest BCUT2D eigenvalue weighted by Crippen LogP contribution is -2.09. The summed E-state index contributed by atoms with van der Waals surface area (Å²) in [4.78, 5) is 33.8. The molecule has 0 aliphatic rings. The van der Waals surface area contributed by atoms with Crippen LogP contribution < -0.4 is 5.73 Å². The van der Waals surface area contributed by atoms with Crippen LogP contribution in [0.3, 0.4) is 0 Å². The predicted octanol–water partition coefficient (Wildman–Crippen LogP) is 2.41. The Morgan fingerprint density at radius 2 is 1.87 bits per heavy atom. The fraction of sp³-hybridized carbons (Fsp3) is 0.0556. The maximum Gasteiger partial charge on any atom is 0.339 e. The van der Waals surface area contributed by atoms with E-state index in [-0.39, 0.29) is 12.2 Å². The van der Waals surface area contributed by atoms with E-state index in [9.17, 15) is 14.4 Å². The lowest BCUT2D eigenvalue weighted by molar-refractivity contribution is -0.137. The molecule has 0 bridgehead atoms. The number of allylic oxidation sites excluding steroid dienone is 1. The van der Waals surface area contributed by atoms with Gasteiger partial charge >= 0.3 is 5.97 Å². The smallest absolute Gasteiger partial charge is 0.339 e. The Hall–Kier alpha value is -3.21. The zero-order valence-corrected chi connectivity index (χ0v) is 12.3. The van der Waals surface area contributed by atoms with Crippen molar-refractivity contribution in [2.45, 2.75) is 6.61 Å². The lowest BCUT2D eigenvalue weighted by Gasteiger charge is -2.10. The van der Waals surface area contributed by atoms with Crippen LogP contribution in [-0.2, 0) is 20.9 Å². The first kappa shape index (κ1) is 16.2. The molecule has 0 fully saturated rings. The van der Waals surface area contributed by atoms with Gasteiger partial charge in [-0.05, 0) is 23.8 Å². The Balaban J connectivity index is 2.16. The average Bonchev–Trinajstić information content (AvgIpc) is 2.58. The van der Waals surface area contributed by atoms with Gasteiger partial charge in [-0.3, -0.25) is 9.59 Å². The largest absolute Gasteiger partial charge is 0.457 e. The average molecular weight is 309 g/mol. The molecule has 0 aromatic heterocycles. The van der Waals surface area contributed by atoms with Gasteiger partial charge < -0.3 is 10.5 Å². The topological polar surface area (TPSA) is 86.5 Å². The molecule has 2 rings (SSSR count). The molecular formula is C18H15NO4. The van der Waals surface area contributed by atoms with Crippen molar-refractivity contribution >= 4 is 29.8 Å². The number of carbonyl (C=O) groups is 3. The van der Waals surface area contributed by atoms with Gasteiger partial charge in [0.2, 0.25) is 0 Å². The number of carbonyl (C=O) groups excluding carboxylic acids is 3. The third-order valence-corrected chi connectivity index (χ3v) is 3.16. The zero-order chi connectivity index (χ0) is 16.7. The summed E-state index contributed by atoms with van der Waals surface area (Å²) in [6, 6.07) is 13.4. The van der Waals surface area contributed by atoms with Crippen molar-refractivity contribution < 1.29 is 19.1 Å². The first-order valence-electron chi connectivity index (χ1n) is 6.87. The van der Waals surface area contributed by atoms with Crippen LogP contribution >= 0.6 is 0 Å². The fourth-order valence-electron chi connectivity index (χ4n) is 2.06. The van der Waals surface area contributed by atoms with Crippen molar-refractivity contribution in [3.63, 3.8) is 0 Å². The van der Waals surface area contributed by atoms with Crippen LogP contribution in [0.25, 0.3) is 5.57 Å². The van der Waals surface area contributed by atoms with E-state index in [1.807, 2.05) is 0 Å². The summed E-state index contributed by atoms with van der Waals surface area (Å²) in [5.41, 5.74) is 7.90. The molecule has 0 saturated carbocycles. The summed E-state index contributed by atoms with van der Waals surface area (Å²) in [5.74, 6) is -0.661. The summed E-state index contributed by atoms with van der Waals surface area (Å²) in [6.07, 6.45) is 2.35. The van der Waals surface area contributed by atoms with Gasteiger partial charge in [-0.2, -0.15) is 0 Å². The van der Waals surface area contributed by atoms with E-state index in [2.05, 4.69) is 0 Å². The molecule has 2 aromatic rings. The number of para-hydroxylation sites is 1. The van der Waals surface area contributed by atoms with Crippen LogP contribution in [0.4, 0.5) is 5.69 Å². The molecule has 2 N–H and O–H groups in total. The van der Waals surface area contributed by atoms with E-state index in [0.717, 1.165) is 6.08 Å². The van der Waals surface area contributed by atoms with E-state index in [1.165, 1.54) is 0 Å². The first-order chi connectivity index (χ1) is 11.2. The van der Waals surface area contributed by atoms with Gasteiger partial charge in [-0.25, -0.2) is 4.79 Å². The third kappa shape index (κ3) is 4.14. The highest BCUT2D eigenvalue weighted by Gasteiger charge is 2.15. The Bertz CT molecular complexity index is 765. The SMILES string of the molecule is Nc1ccccc1/C(=C\C=O)C(=O)OCc1cccc(C=O)c1. The molecule has 0 heterocycles. The van der Waals surface area contributed by atoms with Crippen LogP contribution in [0.15, 0.2) is 54.6 Å². The third-order valence-electron chi connectivity index (χ3n) is 3.16. The normalized spacial score (nSPS) is 10.9. The summed E-state index contributed by atoms with van der Waals surface area (Å²) in [6.45, 7) is -0.0105. The number of hydrogen-bond donors (Lipinski definition) is 1. The minimum Gasteiger partial charge on any atom is -0.457 e. The summed E-state index contributed by atoms with van der Waals surface area (Å²) < 4.78 is 5.21.